The van der Waals surface area contributed by atoms with Crippen LogP contribution in [0.2, 0.25) is 0 Å². The molecular formula is C21H27N2O2+. The number of aliphatic hydroxyl groups excluding tert-OH is 1. The van der Waals surface area contributed by atoms with E-state index in [1.807, 2.05) is 24.3 Å². The fourth-order valence-corrected chi connectivity index (χ4v) is 5.03. The highest BCUT2D eigenvalue weighted by atomic mass is 16.5. The van der Waals surface area contributed by atoms with E-state index < -0.39 is 6.10 Å². The molecule has 5 atom stereocenters. The summed E-state index contributed by atoms with van der Waals surface area (Å²) < 4.78 is 6.31. The summed E-state index contributed by atoms with van der Waals surface area (Å²) in [7, 11) is 3.96. The molecule has 3 aliphatic heterocycles. The number of pyridine rings is 1. The Morgan fingerprint density at radius 3 is 2.96 bits per heavy atom. The first-order valence-electron chi connectivity index (χ1n) is 9.13. The first kappa shape index (κ1) is 16.6. The minimum Gasteiger partial charge on any atom is -0.497 e. The molecule has 0 radical (unpaired) electrons. The first-order chi connectivity index (χ1) is 12.1. The van der Waals surface area contributed by atoms with Crippen LogP contribution in [-0.2, 0) is 0 Å². The van der Waals surface area contributed by atoms with E-state index in [2.05, 4.69) is 24.7 Å². The Kier molecular flexibility index (Phi) is 4.05. The van der Waals surface area contributed by atoms with Gasteiger partial charge < -0.3 is 14.3 Å². The number of aromatic nitrogens is 1. The molecule has 25 heavy (non-hydrogen) atoms. The molecule has 0 amide bonds. The van der Waals surface area contributed by atoms with Crippen LogP contribution in [0.4, 0.5) is 0 Å². The summed E-state index contributed by atoms with van der Waals surface area (Å²) in [5.41, 5.74) is 1.87. The summed E-state index contributed by atoms with van der Waals surface area (Å²) in [6.45, 7) is 6.26. The van der Waals surface area contributed by atoms with Crippen LogP contribution in [-0.4, -0.2) is 47.9 Å². The molecule has 3 saturated heterocycles. The van der Waals surface area contributed by atoms with Gasteiger partial charge in [0.2, 0.25) is 0 Å². The van der Waals surface area contributed by atoms with Gasteiger partial charge >= 0.3 is 0 Å². The van der Waals surface area contributed by atoms with Gasteiger partial charge in [-0.25, -0.2) is 0 Å². The van der Waals surface area contributed by atoms with E-state index in [9.17, 15) is 5.11 Å². The number of quaternary nitrogens is 1. The molecule has 1 N–H and O–H groups in total. The van der Waals surface area contributed by atoms with Crippen LogP contribution in [0.3, 0.4) is 0 Å². The Labute approximate surface area is 149 Å². The maximum Gasteiger partial charge on any atom is 0.131 e. The molecule has 1 aromatic carbocycles. The molecule has 2 aromatic rings. The first-order valence-corrected chi connectivity index (χ1v) is 9.13. The van der Waals surface area contributed by atoms with Crippen LogP contribution in [0.25, 0.3) is 10.9 Å². The highest BCUT2D eigenvalue weighted by Gasteiger charge is 2.51. The predicted octanol–water partition coefficient (Wildman–Crippen LogP) is 3.32. The number of nitrogens with zero attached hydrogens (tertiary/aromatic N) is 2. The van der Waals surface area contributed by atoms with Gasteiger partial charge in [-0.05, 0) is 35.7 Å². The van der Waals surface area contributed by atoms with E-state index in [0.717, 1.165) is 46.2 Å². The fourth-order valence-electron chi connectivity index (χ4n) is 5.03. The second-order valence-corrected chi connectivity index (χ2v) is 7.87. The van der Waals surface area contributed by atoms with Crippen molar-refractivity contribution in [1.82, 2.24) is 4.98 Å². The number of rotatable bonds is 4. The third-order valence-electron chi connectivity index (χ3n) is 6.56. The summed E-state index contributed by atoms with van der Waals surface area (Å²) >= 11 is 0. The molecule has 5 rings (SSSR count). The second kappa shape index (κ2) is 6.11. The highest BCUT2D eigenvalue weighted by Crippen LogP contribution is 2.45. The molecular weight excluding hydrogens is 312 g/mol. The molecule has 3 aliphatic rings. The van der Waals surface area contributed by atoms with Crippen molar-refractivity contribution in [1.29, 1.82) is 0 Å². The summed E-state index contributed by atoms with van der Waals surface area (Å²) in [4.78, 5) is 4.45. The Morgan fingerprint density at radius 2 is 2.24 bits per heavy atom. The van der Waals surface area contributed by atoms with Crippen LogP contribution in [0, 0.1) is 11.8 Å². The van der Waals surface area contributed by atoms with Gasteiger partial charge in [-0.1, -0.05) is 6.08 Å². The lowest BCUT2D eigenvalue weighted by molar-refractivity contribution is -0.956. The number of piperidine rings is 3. The Morgan fingerprint density at radius 1 is 1.40 bits per heavy atom. The third kappa shape index (κ3) is 2.64. The summed E-state index contributed by atoms with van der Waals surface area (Å²) in [5, 5.41) is 12.3. The zero-order chi connectivity index (χ0) is 17.6. The molecule has 2 bridgehead atoms. The largest absolute Gasteiger partial charge is 0.497 e. The van der Waals surface area contributed by atoms with Gasteiger partial charge in [0.1, 0.15) is 17.9 Å². The zero-order valence-corrected chi connectivity index (χ0v) is 15.1. The standard InChI is InChI=1S/C21H27N2O2/c1-4-14-13-23(2)10-8-15(14)11-20(23)21(24)17-7-9-22-19-6-5-16(25-3)12-18(17)19/h4-7,9,12,14-15,20-21,24H,1,8,10-11,13H2,2-3H3/q+1/t14?,15?,20?,21-,23?/m0/s1. The number of ether oxygens (including phenoxy) is 1. The van der Waals surface area contributed by atoms with E-state index in [1.165, 1.54) is 6.42 Å². The van der Waals surface area contributed by atoms with Gasteiger partial charge in [0.05, 0.1) is 32.8 Å². The zero-order valence-electron chi connectivity index (χ0n) is 15.1. The normalized spacial score (nSPS) is 32.5. The maximum atomic E-state index is 11.3. The van der Waals surface area contributed by atoms with Crippen LogP contribution < -0.4 is 4.74 Å². The lowest BCUT2D eigenvalue weighted by Crippen LogP contribution is -2.66. The SMILES string of the molecule is C=CC1C[N+]2(C)CCC1CC2[C@@H](O)c1ccnc2ccc(OC)cc12. The molecule has 0 aliphatic carbocycles. The van der Waals surface area contributed by atoms with E-state index in [1.54, 1.807) is 13.3 Å². The molecule has 0 spiro atoms. The molecule has 0 saturated carbocycles. The van der Waals surface area contributed by atoms with Crippen molar-refractivity contribution in [2.75, 3.05) is 27.2 Å². The number of aliphatic hydroxyl groups is 1. The lowest BCUT2D eigenvalue weighted by atomic mass is 9.72. The van der Waals surface area contributed by atoms with Crippen LogP contribution in [0.15, 0.2) is 43.1 Å². The molecule has 3 fully saturated rings. The summed E-state index contributed by atoms with van der Waals surface area (Å²) in [6.07, 6.45) is 5.73. The molecule has 4 heteroatoms. The minimum atomic E-state index is -0.490. The Balaban J connectivity index is 1.73. The quantitative estimate of drug-likeness (QED) is 0.686. The van der Waals surface area contributed by atoms with Crippen molar-refractivity contribution < 1.29 is 14.3 Å². The number of hydrogen-bond donors (Lipinski definition) is 1. The smallest absolute Gasteiger partial charge is 0.131 e. The van der Waals surface area contributed by atoms with Crippen molar-refractivity contribution in [3.8, 4) is 5.75 Å². The van der Waals surface area contributed by atoms with Gasteiger partial charge in [0.15, 0.2) is 0 Å². The van der Waals surface area contributed by atoms with Crippen molar-refractivity contribution in [3.63, 3.8) is 0 Å². The summed E-state index contributed by atoms with van der Waals surface area (Å²) in [5.74, 6) is 2.03. The number of methoxy groups -OCH3 is 1. The van der Waals surface area contributed by atoms with Crippen LogP contribution in [0.5, 0.6) is 5.75 Å². The Hall–Kier alpha value is -1.91. The van der Waals surface area contributed by atoms with E-state index in [0.29, 0.717) is 11.8 Å². The van der Waals surface area contributed by atoms with Crippen molar-refractivity contribution >= 4 is 10.9 Å². The summed E-state index contributed by atoms with van der Waals surface area (Å²) in [6, 6.07) is 8.06. The van der Waals surface area contributed by atoms with E-state index in [4.69, 9.17) is 4.74 Å². The lowest BCUT2D eigenvalue weighted by Gasteiger charge is -2.56. The van der Waals surface area contributed by atoms with Gasteiger partial charge in [-0.2, -0.15) is 0 Å². The monoisotopic (exact) mass is 339 g/mol. The minimum absolute atomic E-state index is 0.228. The average Bonchev–Trinajstić information content (AvgIpc) is 2.66. The van der Waals surface area contributed by atoms with Crippen molar-refractivity contribution in [2.45, 2.75) is 25.0 Å². The van der Waals surface area contributed by atoms with Gasteiger partial charge in [-0.3, -0.25) is 4.98 Å². The predicted molar refractivity (Wildman–Crippen MR) is 99.4 cm³/mol. The molecule has 4 nitrogen and oxygen atoms in total. The van der Waals surface area contributed by atoms with Gasteiger partial charge in [0.25, 0.3) is 0 Å². The van der Waals surface area contributed by atoms with Crippen molar-refractivity contribution in [3.05, 3.63) is 48.7 Å². The number of likely N-dealkylation sites (N-methyl/N-ethyl adjacent to an activating group) is 1. The number of fused-ring (bicyclic) bond motifs is 4. The van der Waals surface area contributed by atoms with Crippen LogP contribution in [0.1, 0.15) is 24.5 Å². The Bertz CT molecular complexity index is 806. The second-order valence-electron chi connectivity index (χ2n) is 7.87. The highest BCUT2D eigenvalue weighted by molar-refractivity contribution is 5.83. The van der Waals surface area contributed by atoms with E-state index in [-0.39, 0.29) is 6.04 Å². The van der Waals surface area contributed by atoms with Crippen LogP contribution >= 0.6 is 0 Å². The molecule has 132 valence electrons. The molecule has 4 heterocycles. The third-order valence-corrected chi connectivity index (χ3v) is 6.56. The maximum absolute atomic E-state index is 11.3. The topological polar surface area (TPSA) is 42.4 Å². The number of hydrogen-bond acceptors (Lipinski definition) is 3. The number of benzene rings is 1. The van der Waals surface area contributed by atoms with Crippen molar-refractivity contribution in [2.24, 2.45) is 11.8 Å². The van der Waals surface area contributed by atoms with Gasteiger partial charge in [0, 0.05) is 30.3 Å². The average molecular weight is 339 g/mol. The molecule has 1 aromatic heterocycles. The fraction of sp³-hybridized carbons (Fsp3) is 0.476. The van der Waals surface area contributed by atoms with E-state index >= 15 is 0 Å². The van der Waals surface area contributed by atoms with Gasteiger partial charge in [-0.15, -0.1) is 6.58 Å². The molecule has 4 unspecified atom stereocenters.